The number of halogens is 1. The molecule has 8 nitrogen and oxygen atoms in total. The van der Waals surface area contributed by atoms with E-state index < -0.39 is 5.97 Å². The zero-order chi connectivity index (χ0) is 16.6. The molecule has 3 rings (SSSR count). The molecule has 0 aliphatic rings. The molecule has 120 valence electrons. The van der Waals surface area contributed by atoms with Crippen LogP contribution < -0.4 is 5.84 Å². The topological polar surface area (TPSA) is 109 Å². The van der Waals surface area contributed by atoms with E-state index in [9.17, 15) is 4.79 Å². The van der Waals surface area contributed by atoms with E-state index in [0.29, 0.717) is 21.1 Å². The van der Waals surface area contributed by atoms with Gasteiger partial charge in [-0.15, -0.1) is 10.2 Å². The number of nitrogen functional groups attached to an aromatic ring is 1. The summed E-state index contributed by atoms with van der Waals surface area (Å²) >= 11 is 8.18. The normalized spacial score (nSPS) is 10.9. The molecule has 0 amide bonds. The van der Waals surface area contributed by atoms with E-state index in [0.717, 1.165) is 28.7 Å². The van der Waals surface area contributed by atoms with Crippen LogP contribution in [0.25, 0.3) is 11.4 Å². The molecule has 2 N–H and O–H groups in total. The number of nitrogens with zero attached hydrogens (tertiary/aromatic N) is 4. The summed E-state index contributed by atoms with van der Waals surface area (Å²) in [5.41, 5.74) is 0.749. The van der Waals surface area contributed by atoms with Crippen molar-refractivity contribution >= 4 is 40.7 Å². The van der Waals surface area contributed by atoms with Gasteiger partial charge >= 0.3 is 5.97 Å². The van der Waals surface area contributed by atoms with Crippen molar-refractivity contribution < 1.29 is 13.9 Å². The molecule has 0 radical (unpaired) electrons. The Hall–Kier alpha value is -2.04. The fourth-order valence-corrected chi connectivity index (χ4v) is 3.96. The second kappa shape index (κ2) is 6.22. The summed E-state index contributed by atoms with van der Waals surface area (Å²) < 4.78 is 11.7. The molecule has 0 aromatic carbocycles. The summed E-state index contributed by atoms with van der Waals surface area (Å²) in [5, 5.41) is 8.57. The Kier molecular flexibility index (Phi) is 4.28. The molecule has 0 unspecified atom stereocenters. The fraction of sp³-hybridized carbons (Fsp3) is 0.167. The lowest BCUT2D eigenvalue weighted by Crippen LogP contribution is -2.11. The van der Waals surface area contributed by atoms with Gasteiger partial charge < -0.3 is 15.0 Å². The number of carbonyl (C=O) groups is 1. The SMILES string of the molecule is COC(=O)c1sc(Sc2nnc(-c3ccoc3C)n2N)nc1Cl. The Morgan fingerprint density at radius 3 is 2.96 bits per heavy atom. The largest absolute Gasteiger partial charge is 0.469 e. The number of nitrogens with two attached hydrogens (primary N) is 1. The van der Waals surface area contributed by atoms with Crippen molar-refractivity contribution in [3.63, 3.8) is 0 Å². The number of furan rings is 1. The summed E-state index contributed by atoms with van der Waals surface area (Å²) in [6, 6.07) is 1.76. The number of hydrogen-bond donors (Lipinski definition) is 1. The Morgan fingerprint density at radius 2 is 2.30 bits per heavy atom. The molecule has 23 heavy (non-hydrogen) atoms. The molecule has 0 saturated carbocycles. The minimum atomic E-state index is -0.539. The van der Waals surface area contributed by atoms with Crippen molar-refractivity contribution in [3.05, 3.63) is 28.1 Å². The lowest BCUT2D eigenvalue weighted by molar-refractivity contribution is 0.0606. The van der Waals surface area contributed by atoms with Crippen LogP contribution in [0.4, 0.5) is 0 Å². The number of hydrogen-bond acceptors (Lipinski definition) is 9. The number of thiazole rings is 1. The van der Waals surface area contributed by atoms with Crippen LogP contribution in [0.15, 0.2) is 26.2 Å². The van der Waals surface area contributed by atoms with E-state index >= 15 is 0 Å². The molecular formula is C12H10ClN5O3S2. The summed E-state index contributed by atoms with van der Waals surface area (Å²) in [6.45, 7) is 1.81. The van der Waals surface area contributed by atoms with Crippen LogP contribution in [0.2, 0.25) is 5.15 Å². The Morgan fingerprint density at radius 1 is 1.52 bits per heavy atom. The van der Waals surface area contributed by atoms with Gasteiger partial charge in [-0.3, -0.25) is 0 Å². The molecule has 0 atom stereocenters. The maximum Gasteiger partial charge on any atom is 0.351 e. The molecule has 0 fully saturated rings. The van der Waals surface area contributed by atoms with Crippen molar-refractivity contribution in [2.24, 2.45) is 0 Å². The molecule has 0 bridgehead atoms. The van der Waals surface area contributed by atoms with Crippen LogP contribution in [-0.4, -0.2) is 32.9 Å². The molecule has 3 aromatic rings. The lowest BCUT2D eigenvalue weighted by atomic mass is 10.2. The number of aromatic nitrogens is 4. The van der Waals surface area contributed by atoms with Gasteiger partial charge in [0.25, 0.3) is 0 Å². The third kappa shape index (κ3) is 2.92. The van der Waals surface area contributed by atoms with E-state index in [-0.39, 0.29) is 10.0 Å². The van der Waals surface area contributed by atoms with Gasteiger partial charge in [0.1, 0.15) is 5.76 Å². The number of ether oxygens (including phenoxy) is 1. The molecule has 3 heterocycles. The minimum Gasteiger partial charge on any atom is -0.469 e. The predicted octanol–water partition coefficient (Wildman–Crippen LogP) is 2.61. The van der Waals surface area contributed by atoms with E-state index in [4.69, 9.17) is 21.9 Å². The van der Waals surface area contributed by atoms with Crippen molar-refractivity contribution in [2.45, 2.75) is 16.4 Å². The van der Waals surface area contributed by atoms with E-state index in [1.54, 1.807) is 19.3 Å². The summed E-state index contributed by atoms with van der Waals surface area (Å²) in [7, 11) is 1.28. The van der Waals surface area contributed by atoms with Gasteiger partial charge in [-0.1, -0.05) is 22.9 Å². The summed E-state index contributed by atoms with van der Waals surface area (Å²) in [4.78, 5) is 15.9. The van der Waals surface area contributed by atoms with Crippen LogP contribution in [-0.2, 0) is 4.74 Å². The van der Waals surface area contributed by atoms with E-state index in [1.807, 2.05) is 0 Å². The standard InChI is InChI=1S/C12H10ClN5O3S2/c1-5-6(3-4-21-5)9-16-17-11(18(9)14)23-12-15-8(13)7(22-12)10(19)20-2/h3-4H,14H2,1-2H3. The van der Waals surface area contributed by atoms with Gasteiger partial charge in [-0.2, -0.15) is 0 Å². The summed E-state index contributed by atoms with van der Waals surface area (Å²) in [6.07, 6.45) is 1.55. The zero-order valence-corrected chi connectivity index (χ0v) is 14.3. The lowest BCUT2D eigenvalue weighted by Gasteiger charge is -2.00. The van der Waals surface area contributed by atoms with Crippen molar-refractivity contribution in [2.75, 3.05) is 13.0 Å². The number of esters is 1. The monoisotopic (exact) mass is 371 g/mol. The first kappa shape index (κ1) is 15.8. The first-order valence-electron chi connectivity index (χ1n) is 6.18. The number of aryl methyl sites for hydroxylation is 1. The summed E-state index contributed by atoms with van der Waals surface area (Å²) in [5.74, 6) is 6.64. The quantitative estimate of drug-likeness (QED) is 0.550. The second-order valence-corrected chi connectivity index (χ2v) is 6.83. The molecule has 0 saturated heterocycles. The highest BCUT2D eigenvalue weighted by Gasteiger charge is 2.21. The van der Waals surface area contributed by atoms with Crippen LogP contribution in [0.5, 0.6) is 0 Å². The third-order valence-corrected chi connectivity index (χ3v) is 5.32. The Bertz CT molecular complexity index is 872. The van der Waals surface area contributed by atoms with Crippen LogP contribution in [0.3, 0.4) is 0 Å². The van der Waals surface area contributed by atoms with Gasteiger partial charge in [0.2, 0.25) is 5.16 Å². The van der Waals surface area contributed by atoms with Gasteiger partial charge in [0.05, 0.1) is 18.9 Å². The zero-order valence-electron chi connectivity index (χ0n) is 11.9. The van der Waals surface area contributed by atoms with Crippen LogP contribution >= 0.6 is 34.7 Å². The first-order chi connectivity index (χ1) is 11.0. The number of carbonyl (C=O) groups excluding carboxylic acids is 1. The van der Waals surface area contributed by atoms with Gasteiger partial charge in [0.15, 0.2) is 20.2 Å². The predicted molar refractivity (Wildman–Crippen MR) is 85.2 cm³/mol. The molecule has 0 aliphatic heterocycles. The highest BCUT2D eigenvalue weighted by atomic mass is 35.5. The number of methoxy groups -OCH3 is 1. The molecule has 0 aliphatic carbocycles. The van der Waals surface area contributed by atoms with E-state index in [1.165, 1.54) is 11.8 Å². The Balaban J connectivity index is 1.89. The molecule has 11 heteroatoms. The number of rotatable bonds is 4. The second-order valence-electron chi connectivity index (χ2n) is 4.26. The van der Waals surface area contributed by atoms with E-state index in [2.05, 4.69) is 19.9 Å². The minimum absolute atomic E-state index is 0.0818. The molecule has 3 aromatic heterocycles. The van der Waals surface area contributed by atoms with Gasteiger partial charge in [0, 0.05) is 0 Å². The van der Waals surface area contributed by atoms with Gasteiger partial charge in [-0.05, 0) is 24.8 Å². The average Bonchev–Trinajstić information content (AvgIpc) is 3.20. The smallest absolute Gasteiger partial charge is 0.351 e. The molecule has 0 spiro atoms. The maximum atomic E-state index is 11.6. The third-order valence-electron chi connectivity index (χ3n) is 2.88. The molecular weight excluding hydrogens is 362 g/mol. The van der Waals surface area contributed by atoms with Crippen molar-refractivity contribution in [3.8, 4) is 11.4 Å². The van der Waals surface area contributed by atoms with Crippen molar-refractivity contribution in [1.29, 1.82) is 0 Å². The fourth-order valence-electron chi connectivity index (χ4n) is 1.77. The maximum absolute atomic E-state index is 11.6. The van der Waals surface area contributed by atoms with Gasteiger partial charge in [-0.25, -0.2) is 14.5 Å². The average molecular weight is 372 g/mol. The van der Waals surface area contributed by atoms with Crippen LogP contribution in [0.1, 0.15) is 15.4 Å². The van der Waals surface area contributed by atoms with Crippen LogP contribution in [0, 0.1) is 6.92 Å². The first-order valence-corrected chi connectivity index (χ1v) is 8.19. The highest BCUT2D eigenvalue weighted by Crippen LogP contribution is 2.35. The van der Waals surface area contributed by atoms with Crippen molar-refractivity contribution in [1.82, 2.24) is 19.9 Å². The highest BCUT2D eigenvalue weighted by molar-refractivity contribution is 8.00. The Labute approximate surface area is 143 Å².